The summed E-state index contributed by atoms with van der Waals surface area (Å²) in [6.07, 6.45) is 5.25. The van der Waals surface area contributed by atoms with Gasteiger partial charge >= 0.3 is 5.97 Å². The zero-order chi connectivity index (χ0) is 14.8. The fourth-order valence-corrected chi connectivity index (χ4v) is 3.20. The van der Waals surface area contributed by atoms with Crippen LogP contribution < -0.4 is 0 Å². The van der Waals surface area contributed by atoms with Gasteiger partial charge in [-0.2, -0.15) is 0 Å². The lowest BCUT2D eigenvalue weighted by molar-refractivity contribution is -0.142. The summed E-state index contributed by atoms with van der Waals surface area (Å²) in [5.74, 6) is -1.78. The van der Waals surface area contributed by atoms with Crippen LogP contribution in [0.15, 0.2) is 24.5 Å². The first-order valence-electron chi connectivity index (χ1n) is 7.20. The summed E-state index contributed by atoms with van der Waals surface area (Å²) in [7, 11) is 0. The molecule has 2 saturated heterocycles. The number of ether oxygens (including phenoxy) is 1. The molecule has 112 valence electrons. The van der Waals surface area contributed by atoms with Crippen molar-refractivity contribution in [1.29, 1.82) is 0 Å². The summed E-state index contributed by atoms with van der Waals surface area (Å²) in [5, 5.41) is 9.41. The summed E-state index contributed by atoms with van der Waals surface area (Å²) in [6.45, 7) is 1.18. The molecule has 0 bridgehead atoms. The normalized spacial score (nSPS) is 29.0. The van der Waals surface area contributed by atoms with Crippen LogP contribution in [0.1, 0.15) is 30.9 Å². The molecular weight excluding hydrogens is 272 g/mol. The number of aromatic nitrogens is 1. The fourth-order valence-electron chi connectivity index (χ4n) is 3.20. The summed E-state index contributed by atoms with van der Waals surface area (Å²) in [4.78, 5) is 29.4. The largest absolute Gasteiger partial charge is 0.481 e. The van der Waals surface area contributed by atoms with Gasteiger partial charge in [-0.3, -0.25) is 14.6 Å². The van der Waals surface area contributed by atoms with Crippen molar-refractivity contribution in [3.05, 3.63) is 30.1 Å². The van der Waals surface area contributed by atoms with Gasteiger partial charge in [0.05, 0.1) is 18.1 Å². The van der Waals surface area contributed by atoms with E-state index in [0.29, 0.717) is 13.2 Å². The Bertz CT molecular complexity index is 528. The predicted octanol–water partition coefficient (Wildman–Crippen LogP) is 1.23. The molecule has 2 aliphatic heterocycles. The van der Waals surface area contributed by atoms with E-state index in [1.165, 1.54) is 0 Å². The molecule has 6 heteroatoms. The molecule has 1 aromatic rings. The van der Waals surface area contributed by atoms with Crippen LogP contribution in [-0.2, 0) is 14.3 Å². The molecule has 3 rings (SSSR count). The molecular formula is C15H18N2O4. The first-order valence-corrected chi connectivity index (χ1v) is 7.20. The highest BCUT2D eigenvalue weighted by Crippen LogP contribution is 2.38. The number of amides is 1. The van der Waals surface area contributed by atoms with E-state index in [4.69, 9.17) is 4.74 Å². The molecule has 1 N–H and O–H groups in total. The van der Waals surface area contributed by atoms with Crippen LogP contribution in [0.5, 0.6) is 0 Å². The Labute approximate surface area is 122 Å². The molecule has 3 atom stereocenters. The van der Waals surface area contributed by atoms with Crippen LogP contribution in [0.2, 0.25) is 0 Å². The molecule has 3 heterocycles. The molecule has 0 radical (unpaired) electrons. The van der Waals surface area contributed by atoms with Gasteiger partial charge in [-0.1, -0.05) is 6.07 Å². The van der Waals surface area contributed by atoms with Crippen LogP contribution >= 0.6 is 0 Å². The molecule has 0 unspecified atom stereocenters. The Morgan fingerprint density at radius 3 is 3.00 bits per heavy atom. The second-order valence-corrected chi connectivity index (χ2v) is 5.56. The lowest BCUT2D eigenvalue weighted by Gasteiger charge is -2.29. The minimum atomic E-state index is -0.938. The van der Waals surface area contributed by atoms with Crippen LogP contribution in [-0.4, -0.2) is 46.1 Å². The second kappa shape index (κ2) is 5.81. The summed E-state index contributed by atoms with van der Waals surface area (Å²) in [5.41, 5.74) is 0.772. The number of carbonyl (C=O) groups is 2. The maximum atomic E-state index is 12.2. The molecule has 6 nitrogen and oxygen atoms in total. The summed E-state index contributed by atoms with van der Waals surface area (Å²) in [6, 6.07) is 3.14. The third-order valence-corrected chi connectivity index (χ3v) is 4.20. The van der Waals surface area contributed by atoms with E-state index >= 15 is 0 Å². The van der Waals surface area contributed by atoms with E-state index in [0.717, 1.165) is 18.4 Å². The fraction of sp³-hybridized carbons (Fsp3) is 0.533. The Morgan fingerprint density at radius 1 is 1.52 bits per heavy atom. The standard InChI is InChI=1S/C15H18N2O4/c18-13-7-12(15(19)20)14(10-3-1-5-16-8-10)17(13)9-11-4-2-6-21-11/h1,3,5,8,11-12,14H,2,4,6-7,9H2,(H,19,20)/t11-,12+,14+/m0/s1. The van der Waals surface area contributed by atoms with Crippen molar-refractivity contribution >= 4 is 11.9 Å². The van der Waals surface area contributed by atoms with Gasteiger partial charge in [-0.05, 0) is 24.5 Å². The lowest BCUT2D eigenvalue weighted by atomic mass is 9.94. The van der Waals surface area contributed by atoms with Crippen molar-refractivity contribution in [2.24, 2.45) is 5.92 Å². The number of likely N-dealkylation sites (tertiary alicyclic amines) is 1. The van der Waals surface area contributed by atoms with Gasteiger partial charge < -0.3 is 14.7 Å². The molecule has 0 aliphatic carbocycles. The van der Waals surface area contributed by atoms with E-state index in [9.17, 15) is 14.7 Å². The van der Waals surface area contributed by atoms with Gasteiger partial charge in [0.15, 0.2) is 0 Å². The zero-order valence-electron chi connectivity index (χ0n) is 11.6. The lowest BCUT2D eigenvalue weighted by Crippen LogP contribution is -2.36. The molecule has 1 aromatic heterocycles. The van der Waals surface area contributed by atoms with E-state index in [2.05, 4.69) is 4.98 Å². The van der Waals surface area contributed by atoms with Crippen LogP contribution in [0.3, 0.4) is 0 Å². The topological polar surface area (TPSA) is 79.7 Å². The minimum absolute atomic E-state index is 0.0145. The molecule has 0 saturated carbocycles. The maximum absolute atomic E-state index is 12.2. The van der Waals surface area contributed by atoms with Gasteiger partial charge in [-0.15, -0.1) is 0 Å². The summed E-state index contributed by atoms with van der Waals surface area (Å²) < 4.78 is 5.59. The predicted molar refractivity (Wildman–Crippen MR) is 73.4 cm³/mol. The molecule has 1 amide bonds. The monoisotopic (exact) mass is 290 g/mol. The van der Waals surface area contributed by atoms with Crippen molar-refractivity contribution in [3.63, 3.8) is 0 Å². The van der Waals surface area contributed by atoms with E-state index in [-0.39, 0.29) is 18.4 Å². The number of aliphatic carboxylic acids is 1. The van der Waals surface area contributed by atoms with Gasteiger partial charge in [0, 0.05) is 32.0 Å². The first kappa shape index (κ1) is 14.0. The molecule has 2 fully saturated rings. The quantitative estimate of drug-likeness (QED) is 0.902. The van der Waals surface area contributed by atoms with Crippen molar-refractivity contribution in [3.8, 4) is 0 Å². The van der Waals surface area contributed by atoms with Gasteiger partial charge in [0.1, 0.15) is 0 Å². The number of carboxylic acids is 1. The number of pyridine rings is 1. The van der Waals surface area contributed by atoms with Gasteiger partial charge in [0.25, 0.3) is 0 Å². The molecule has 2 aliphatic rings. The number of rotatable bonds is 4. The average Bonchev–Trinajstić information content (AvgIpc) is 3.09. The Balaban J connectivity index is 1.87. The van der Waals surface area contributed by atoms with Crippen molar-refractivity contribution in [1.82, 2.24) is 9.88 Å². The average molecular weight is 290 g/mol. The number of carboxylic acid groups (broad SMARTS) is 1. The van der Waals surface area contributed by atoms with Gasteiger partial charge in [0.2, 0.25) is 5.91 Å². The van der Waals surface area contributed by atoms with Crippen molar-refractivity contribution in [2.45, 2.75) is 31.4 Å². The van der Waals surface area contributed by atoms with Crippen LogP contribution in [0, 0.1) is 5.92 Å². The third-order valence-electron chi connectivity index (χ3n) is 4.20. The van der Waals surface area contributed by atoms with E-state index in [1.807, 2.05) is 6.07 Å². The number of nitrogens with zero attached hydrogens (tertiary/aromatic N) is 2. The highest BCUT2D eigenvalue weighted by molar-refractivity contribution is 5.87. The summed E-state index contributed by atoms with van der Waals surface area (Å²) >= 11 is 0. The van der Waals surface area contributed by atoms with Crippen molar-refractivity contribution in [2.75, 3.05) is 13.2 Å². The van der Waals surface area contributed by atoms with E-state index < -0.39 is 17.9 Å². The van der Waals surface area contributed by atoms with E-state index in [1.54, 1.807) is 23.4 Å². The highest BCUT2D eigenvalue weighted by Gasteiger charge is 2.45. The Hall–Kier alpha value is -1.95. The third kappa shape index (κ3) is 2.76. The Kier molecular flexibility index (Phi) is 3.88. The van der Waals surface area contributed by atoms with Crippen LogP contribution in [0.25, 0.3) is 0 Å². The Morgan fingerprint density at radius 2 is 2.38 bits per heavy atom. The number of hydrogen-bond donors (Lipinski definition) is 1. The zero-order valence-corrected chi connectivity index (χ0v) is 11.6. The molecule has 0 aromatic carbocycles. The maximum Gasteiger partial charge on any atom is 0.309 e. The smallest absolute Gasteiger partial charge is 0.309 e. The molecule has 21 heavy (non-hydrogen) atoms. The first-order chi connectivity index (χ1) is 10.2. The number of carbonyl (C=O) groups excluding carboxylic acids is 1. The van der Waals surface area contributed by atoms with Crippen LogP contribution in [0.4, 0.5) is 0 Å². The number of hydrogen-bond acceptors (Lipinski definition) is 4. The van der Waals surface area contributed by atoms with Gasteiger partial charge in [-0.25, -0.2) is 0 Å². The second-order valence-electron chi connectivity index (χ2n) is 5.56. The minimum Gasteiger partial charge on any atom is -0.481 e. The highest BCUT2D eigenvalue weighted by atomic mass is 16.5. The van der Waals surface area contributed by atoms with Crippen molar-refractivity contribution < 1.29 is 19.4 Å². The molecule has 0 spiro atoms. The SMILES string of the molecule is O=C(O)[C@@H]1CC(=O)N(C[C@@H]2CCCO2)[C@@H]1c1cccnc1.